The van der Waals surface area contributed by atoms with Crippen molar-refractivity contribution in [2.45, 2.75) is 19.4 Å². The highest BCUT2D eigenvalue weighted by atomic mass is 16.5. The van der Waals surface area contributed by atoms with Crippen LogP contribution in [0.2, 0.25) is 0 Å². The molecule has 1 aromatic carbocycles. The number of pyridine rings is 1. The van der Waals surface area contributed by atoms with Gasteiger partial charge in [0.15, 0.2) is 0 Å². The number of carboxylic acid groups (broad SMARTS) is 1. The fourth-order valence-corrected chi connectivity index (χ4v) is 1.79. The van der Waals surface area contributed by atoms with Crippen molar-refractivity contribution >= 4 is 5.97 Å². The number of hydrogen-bond acceptors (Lipinski definition) is 3. The zero-order chi connectivity index (χ0) is 13.9. The topological polar surface area (TPSA) is 59.4 Å². The SMILES string of the molecule is CC(C)(Oc1ccccc1C(=O)O)c1cccnc1. The second-order valence-electron chi connectivity index (χ2n) is 4.66. The predicted octanol–water partition coefficient (Wildman–Crippen LogP) is 3.09. The van der Waals surface area contributed by atoms with Crippen LogP contribution in [0.25, 0.3) is 0 Å². The Bertz CT molecular complexity index is 579. The van der Waals surface area contributed by atoms with E-state index < -0.39 is 11.6 Å². The van der Waals surface area contributed by atoms with E-state index >= 15 is 0 Å². The van der Waals surface area contributed by atoms with Gasteiger partial charge >= 0.3 is 5.97 Å². The number of carbonyl (C=O) groups is 1. The number of nitrogens with zero attached hydrogens (tertiary/aromatic N) is 1. The lowest BCUT2D eigenvalue weighted by Crippen LogP contribution is -2.26. The van der Waals surface area contributed by atoms with Crippen LogP contribution in [0, 0.1) is 0 Å². The monoisotopic (exact) mass is 257 g/mol. The van der Waals surface area contributed by atoms with Gasteiger partial charge in [-0.15, -0.1) is 0 Å². The Morgan fingerprint density at radius 3 is 2.58 bits per heavy atom. The molecule has 4 heteroatoms. The summed E-state index contributed by atoms with van der Waals surface area (Å²) in [6.45, 7) is 3.76. The third kappa shape index (κ3) is 2.91. The number of aromatic carboxylic acids is 1. The van der Waals surface area contributed by atoms with Gasteiger partial charge in [0.25, 0.3) is 0 Å². The average molecular weight is 257 g/mol. The van der Waals surface area contributed by atoms with E-state index in [0.717, 1.165) is 5.56 Å². The van der Waals surface area contributed by atoms with E-state index in [2.05, 4.69) is 4.98 Å². The maximum atomic E-state index is 11.2. The van der Waals surface area contributed by atoms with Crippen molar-refractivity contribution in [2.75, 3.05) is 0 Å². The molecule has 0 aliphatic rings. The maximum absolute atomic E-state index is 11.2. The van der Waals surface area contributed by atoms with Crippen molar-refractivity contribution < 1.29 is 14.6 Å². The summed E-state index contributed by atoms with van der Waals surface area (Å²) in [5.74, 6) is -0.651. The van der Waals surface area contributed by atoms with Crippen molar-refractivity contribution in [1.82, 2.24) is 4.98 Å². The van der Waals surface area contributed by atoms with Crippen LogP contribution >= 0.6 is 0 Å². The number of para-hydroxylation sites is 1. The number of benzene rings is 1. The van der Waals surface area contributed by atoms with Crippen LogP contribution in [0.15, 0.2) is 48.8 Å². The highest BCUT2D eigenvalue weighted by Gasteiger charge is 2.25. The first-order chi connectivity index (χ1) is 9.00. The third-order valence-corrected chi connectivity index (χ3v) is 2.84. The molecular formula is C15H15NO3. The van der Waals surface area contributed by atoms with Crippen LogP contribution in [0.3, 0.4) is 0 Å². The minimum absolute atomic E-state index is 0.152. The summed E-state index contributed by atoms with van der Waals surface area (Å²) in [6, 6.07) is 10.3. The van der Waals surface area contributed by atoms with Crippen LogP contribution in [0.4, 0.5) is 0 Å². The lowest BCUT2D eigenvalue weighted by Gasteiger charge is -2.27. The maximum Gasteiger partial charge on any atom is 0.339 e. The van der Waals surface area contributed by atoms with Gasteiger partial charge in [-0.3, -0.25) is 4.98 Å². The lowest BCUT2D eigenvalue weighted by atomic mass is 10.00. The highest BCUT2D eigenvalue weighted by molar-refractivity contribution is 5.90. The summed E-state index contributed by atoms with van der Waals surface area (Å²) in [5, 5.41) is 9.14. The van der Waals surface area contributed by atoms with E-state index in [1.165, 1.54) is 6.07 Å². The van der Waals surface area contributed by atoms with Gasteiger partial charge in [0.2, 0.25) is 0 Å². The fourth-order valence-electron chi connectivity index (χ4n) is 1.79. The summed E-state index contributed by atoms with van der Waals surface area (Å²) >= 11 is 0. The summed E-state index contributed by atoms with van der Waals surface area (Å²) < 4.78 is 5.86. The Labute approximate surface area is 111 Å². The van der Waals surface area contributed by atoms with Crippen LogP contribution in [0.1, 0.15) is 29.8 Å². The van der Waals surface area contributed by atoms with Crippen molar-refractivity contribution in [2.24, 2.45) is 0 Å². The number of hydrogen-bond donors (Lipinski definition) is 1. The normalized spacial score (nSPS) is 11.1. The van der Waals surface area contributed by atoms with E-state index in [9.17, 15) is 4.79 Å². The van der Waals surface area contributed by atoms with E-state index in [0.29, 0.717) is 5.75 Å². The molecule has 0 bridgehead atoms. The Balaban J connectivity index is 2.33. The zero-order valence-electron chi connectivity index (χ0n) is 10.8. The van der Waals surface area contributed by atoms with Gasteiger partial charge in [0.05, 0.1) is 0 Å². The van der Waals surface area contributed by atoms with Gasteiger partial charge in [0.1, 0.15) is 16.9 Å². The van der Waals surface area contributed by atoms with Crippen LogP contribution < -0.4 is 4.74 Å². The van der Waals surface area contributed by atoms with E-state index in [1.54, 1.807) is 30.6 Å². The predicted molar refractivity (Wildman–Crippen MR) is 71.3 cm³/mol. The minimum Gasteiger partial charge on any atom is -0.482 e. The number of rotatable bonds is 4. The van der Waals surface area contributed by atoms with Crippen LogP contribution in [0.5, 0.6) is 5.75 Å². The molecule has 0 aliphatic carbocycles. The molecule has 1 heterocycles. The molecule has 4 nitrogen and oxygen atoms in total. The summed E-state index contributed by atoms with van der Waals surface area (Å²) in [5.41, 5.74) is 0.384. The fraction of sp³-hybridized carbons (Fsp3) is 0.200. The molecule has 0 radical (unpaired) electrons. The highest BCUT2D eigenvalue weighted by Crippen LogP contribution is 2.29. The molecular weight excluding hydrogens is 242 g/mol. The van der Waals surface area contributed by atoms with Crippen LogP contribution in [-0.4, -0.2) is 16.1 Å². The number of carboxylic acids is 1. The van der Waals surface area contributed by atoms with E-state index in [4.69, 9.17) is 9.84 Å². The quantitative estimate of drug-likeness (QED) is 0.914. The zero-order valence-corrected chi connectivity index (χ0v) is 10.8. The van der Waals surface area contributed by atoms with Gasteiger partial charge < -0.3 is 9.84 Å². The van der Waals surface area contributed by atoms with Gasteiger partial charge in [0, 0.05) is 18.0 Å². The molecule has 2 rings (SSSR count). The van der Waals surface area contributed by atoms with E-state index in [1.807, 2.05) is 26.0 Å². The Hall–Kier alpha value is -2.36. The second-order valence-corrected chi connectivity index (χ2v) is 4.66. The van der Waals surface area contributed by atoms with Gasteiger partial charge in [-0.05, 0) is 32.0 Å². The molecule has 0 spiro atoms. The number of aromatic nitrogens is 1. The molecule has 1 aromatic heterocycles. The first kappa shape index (κ1) is 13.1. The molecule has 0 amide bonds. The molecule has 1 N–H and O–H groups in total. The van der Waals surface area contributed by atoms with Crippen molar-refractivity contribution in [1.29, 1.82) is 0 Å². The summed E-state index contributed by atoms with van der Waals surface area (Å²) in [6.07, 6.45) is 3.40. The molecule has 0 fully saturated rings. The third-order valence-electron chi connectivity index (χ3n) is 2.84. The molecule has 0 atom stereocenters. The molecule has 0 aliphatic heterocycles. The molecule has 19 heavy (non-hydrogen) atoms. The van der Waals surface area contributed by atoms with Crippen LogP contribution in [-0.2, 0) is 5.60 Å². The molecule has 98 valence electrons. The molecule has 0 saturated heterocycles. The van der Waals surface area contributed by atoms with Crippen molar-refractivity contribution in [3.8, 4) is 5.75 Å². The Morgan fingerprint density at radius 2 is 1.95 bits per heavy atom. The summed E-state index contributed by atoms with van der Waals surface area (Å²) in [4.78, 5) is 15.2. The standard InChI is InChI=1S/C15H15NO3/c1-15(2,11-6-5-9-16-10-11)19-13-8-4-3-7-12(13)14(17)18/h3-10H,1-2H3,(H,17,18). The average Bonchev–Trinajstić information content (AvgIpc) is 2.39. The van der Waals surface area contributed by atoms with Crippen molar-refractivity contribution in [3.05, 3.63) is 59.9 Å². The number of ether oxygens (including phenoxy) is 1. The smallest absolute Gasteiger partial charge is 0.339 e. The lowest BCUT2D eigenvalue weighted by molar-refractivity contribution is 0.0672. The Morgan fingerprint density at radius 1 is 1.21 bits per heavy atom. The second kappa shape index (κ2) is 5.10. The minimum atomic E-state index is -1.00. The molecule has 2 aromatic rings. The molecule has 0 saturated carbocycles. The first-order valence-electron chi connectivity index (χ1n) is 5.92. The summed E-state index contributed by atoms with van der Waals surface area (Å²) in [7, 11) is 0. The molecule has 0 unspecified atom stereocenters. The first-order valence-corrected chi connectivity index (χ1v) is 5.92. The Kier molecular flexibility index (Phi) is 3.51. The van der Waals surface area contributed by atoms with Gasteiger partial charge in [-0.2, -0.15) is 0 Å². The van der Waals surface area contributed by atoms with Gasteiger partial charge in [-0.25, -0.2) is 4.79 Å². The largest absolute Gasteiger partial charge is 0.482 e. The van der Waals surface area contributed by atoms with Crippen molar-refractivity contribution in [3.63, 3.8) is 0 Å². The van der Waals surface area contributed by atoms with Gasteiger partial charge in [-0.1, -0.05) is 18.2 Å². The van der Waals surface area contributed by atoms with E-state index in [-0.39, 0.29) is 5.56 Å².